The number of pyridine rings is 1. The lowest BCUT2D eigenvalue weighted by atomic mass is 10.1. The first kappa shape index (κ1) is 31.7. The van der Waals surface area contributed by atoms with Gasteiger partial charge < -0.3 is 19.4 Å². The lowest BCUT2D eigenvalue weighted by Gasteiger charge is -2.37. The Kier molecular flexibility index (Phi) is 9.83. The van der Waals surface area contributed by atoms with E-state index in [4.69, 9.17) is 9.47 Å². The van der Waals surface area contributed by atoms with Crippen LogP contribution in [0.5, 0.6) is 11.5 Å². The van der Waals surface area contributed by atoms with Gasteiger partial charge in [-0.25, -0.2) is 22.9 Å². The number of H-pyrrole nitrogens is 1. The Bertz CT molecular complexity index is 1740. The highest BCUT2D eigenvalue weighted by molar-refractivity contribution is 6.15. The summed E-state index contributed by atoms with van der Waals surface area (Å²) in [5.41, 5.74) is 1.99. The maximum absolute atomic E-state index is 15.6. The number of carbonyl (C=O) groups excluding carboxylic acids is 1. The molecule has 0 bridgehead atoms. The van der Waals surface area contributed by atoms with Crippen LogP contribution in [0, 0.1) is 29.3 Å². The standard InChI is InChI=1S/C34H36F3N5O3/c1-5-7-8-9-15-40(14-6-2)16-13-24-18-26-31-22(20-38-33(26)39-24)21-41(34(43)42(31)25-12-10-11-23(35)17-25)32-29(36)27(44-3)19-28(45-4)30(32)37/h10-12,17-20H,5-6,9,13-16,21H2,1-4H3,(H,38,39). The predicted molar refractivity (Wildman–Crippen MR) is 169 cm³/mol. The van der Waals surface area contributed by atoms with Crippen molar-refractivity contribution in [3.8, 4) is 23.3 Å². The number of hydrogen-bond acceptors (Lipinski definition) is 5. The molecule has 0 fully saturated rings. The van der Waals surface area contributed by atoms with Gasteiger partial charge in [0.25, 0.3) is 0 Å². The molecular formula is C34H36F3N5O3. The second-order valence-electron chi connectivity index (χ2n) is 10.7. The lowest BCUT2D eigenvalue weighted by molar-refractivity contribution is 0.251. The Hall–Kier alpha value is -4.69. The molecule has 2 amide bonds. The highest BCUT2D eigenvalue weighted by Gasteiger charge is 2.38. The molecule has 3 heterocycles. The minimum absolute atomic E-state index is 0.194. The Morgan fingerprint density at radius 1 is 0.978 bits per heavy atom. The molecule has 5 rings (SSSR count). The highest BCUT2D eigenvalue weighted by atomic mass is 19.1. The molecular weight excluding hydrogens is 583 g/mol. The monoisotopic (exact) mass is 619 g/mol. The van der Waals surface area contributed by atoms with Gasteiger partial charge in [-0.3, -0.25) is 9.80 Å². The van der Waals surface area contributed by atoms with E-state index in [1.54, 1.807) is 12.3 Å². The van der Waals surface area contributed by atoms with Gasteiger partial charge in [-0.15, -0.1) is 11.8 Å². The molecule has 0 aliphatic carbocycles. The van der Waals surface area contributed by atoms with E-state index in [-0.39, 0.29) is 23.7 Å². The van der Waals surface area contributed by atoms with Crippen molar-refractivity contribution in [3.05, 3.63) is 71.3 Å². The summed E-state index contributed by atoms with van der Waals surface area (Å²) in [5.74, 6) is 3.03. The fourth-order valence-electron chi connectivity index (χ4n) is 5.62. The average Bonchev–Trinajstić information content (AvgIpc) is 3.46. The molecule has 11 heteroatoms. The zero-order valence-electron chi connectivity index (χ0n) is 25.8. The fraction of sp³-hybridized carbons (Fsp3) is 0.353. The number of ether oxygens (including phenoxy) is 2. The van der Waals surface area contributed by atoms with Gasteiger partial charge in [-0.1, -0.05) is 19.9 Å². The SMILES string of the molecule is CCC#CCCN(CCC)CCc1cc2c3c(cnc2[nH]1)CN(c1c(F)c(OC)cc(OC)c1F)C(=O)N3c1cccc(F)c1. The second-order valence-corrected chi connectivity index (χ2v) is 10.7. The molecule has 8 nitrogen and oxygen atoms in total. The van der Waals surface area contributed by atoms with Gasteiger partial charge in [0.05, 0.1) is 32.1 Å². The first-order chi connectivity index (χ1) is 21.8. The third kappa shape index (κ3) is 6.42. The number of amides is 2. The molecule has 45 heavy (non-hydrogen) atoms. The summed E-state index contributed by atoms with van der Waals surface area (Å²) in [6.07, 6.45) is 4.92. The van der Waals surface area contributed by atoms with Gasteiger partial charge in [-0.05, 0) is 37.2 Å². The number of hydrogen-bond donors (Lipinski definition) is 1. The molecule has 1 N–H and O–H groups in total. The summed E-state index contributed by atoms with van der Waals surface area (Å²) >= 11 is 0. The van der Waals surface area contributed by atoms with Gasteiger partial charge in [0.15, 0.2) is 23.1 Å². The lowest BCUT2D eigenvalue weighted by Crippen LogP contribution is -2.46. The zero-order chi connectivity index (χ0) is 32.1. The van der Waals surface area contributed by atoms with Crippen LogP contribution in [0.4, 0.5) is 35.0 Å². The summed E-state index contributed by atoms with van der Waals surface area (Å²) in [6, 6.07) is 7.74. The number of halogens is 3. The molecule has 2 aromatic heterocycles. The summed E-state index contributed by atoms with van der Waals surface area (Å²) < 4.78 is 56.0. The van der Waals surface area contributed by atoms with Gasteiger partial charge in [0.1, 0.15) is 17.2 Å². The van der Waals surface area contributed by atoms with E-state index < -0.39 is 29.2 Å². The van der Waals surface area contributed by atoms with Crippen molar-refractivity contribution in [3.63, 3.8) is 0 Å². The van der Waals surface area contributed by atoms with E-state index in [1.165, 1.54) is 37.3 Å². The van der Waals surface area contributed by atoms with Crippen molar-refractivity contribution >= 4 is 34.1 Å². The van der Waals surface area contributed by atoms with Crippen molar-refractivity contribution in [1.82, 2.24) is 14.9 Å². The molecule has 0 unspecified atom stereocenters. The van der Waals surface area contributed by atoms with E-state index in [0.29, 0.717) is 28.7 Å². The first-order valence-electron chi connectivity index (χ1n) is 15.0. The maximum Gasteiger partial charge on any atom is 0.334 e. The summed E-state index contributed by atoms with van der Waals surface area (Å²) in [5, 5.41) is 0.639. The van der Waals surface area contributed by atoms with Crippen LogP contribution in [-0.2, 0) is 13.0 Å². The molecule has 236 valence electrons. The Labute approximate surface area is 260 Å². The van der Waals surface area contributed by atoms with Gasteiger partial charge >= 0.3 is 6.03 Å². The third-order valence-corrected chi connectivity index (χ3v) is 7.71. The normalized spacial score (nSPS) is 12.8. The highest BCUT2D eigenvalue weighted by Crippen LogP contribution is 2.44. The van der Waals surface area contributed by atoms with Crippen LogP contribution in [0.15, 0.2) is 42.6 Å². The molecule has 1 aliphatic heterocycles. The van der Waals surface area contributed by atoms with Crippen LogP contribution in [0.25, 0.3) is 11.0 Å². The smallest absolute Gasteiger partial charge is 0.334 e. The molecule has 0 radical (unpaired) electrons. The first-order valence-corrected chi connectivity index (χ1v) is 15.0. The number of nitrogens with zero attached hydrogens (tertiary/aromatic N) is 4. The van der Waals surface area contributed by atoms with Crippen molar-refractivity contribution < 1.29 is 27.4 Å². The fourth-order valence-corrected chi connectivity index (χ4v) is 5.62. The number of methoxy groups -OCH3 is 2. The molecule has 4 aromatic rings. The average molecular weight is 620 g/mol. The van der Waals surface area contributed by atoms with Gasteiger partial charge in [-0.2, -0.15) is 0 Å². The number of anilines is 3. The second kappa shape index (κ2) is 13.9. The number of benzene rings is 2. The number of fused-ring (bicyclic) bond motifs is 3. The number of rotatable bonds is 11. The van der Waals surface area contributed by atoms with Crippen LogP contribution in [-0.4, -0.2) is 54.8 Å². The Morgan fingerprint density at radius 2 is 1.73 bits per heavy atom. The molecule has 0 spiro atoms. The predicted octanol–water partition coefficient (Wildman–Crippen LogP) is 7.33. The summed E-state index contributed by atoms with van der Waals surface area (Å²) in [7, 11) is 2.47. The number of aromatic amines is 1. The van der Waals surface area contributed by atoms with Crippen molar-refractivity contribution in [2.45, 2.75) is 46.1 Å². The van der Waals surface area contributed by atoms with Crippen molar-refractivity contribution in [2.24, 2.45) is 0 Å². The van der Waals surface area contributed by atoms with E-state index >= 15 is 8.78 Å². The largest absolute Gasteiger partial charge is 0.493 e. The minimum Gasteiger partial charge on any atom is -0.493 e. The maximum atomic E-state index is 15.6. The number of urea groups is 1. The van der Waals surface area contributed by atoms with Crippen molar-refractivity contribution in [1.29, 1.82) is 0 Å². The van der Waals surface area contributed by atoms with Crippen LogP contribution in [0.1, 0.15) is 44.4 Å². The van der Waals surface area contributed by atoms with Crippen LogP contribution in [0.2, 0.25) is 0 Å². The van der Waals surface area contributed by atoms with Crippen molar-refractivity contribution in [2.75, 3.05) is 43.7 Å². The topological polar surface area (TPSA) is 73.9 Å². The van der Waals surface area contributed by atoms with E-state index in [0.717, 1.165) is 55.6 Å². The van der Waals surface area contributed by atoms with E-state index in [1.807, 2.05) is 13.0 Å². The number of carbonyl (C=O) groups is 1. The molecule has 2 aromatic carbocycles. The quantitative estimate of drug-likeness (QED) is 0.178. The molecule has 0 atom stereocenters. The Balaban J connectivity index is 1.57. The van der Waals surface area contributed by atoms with Crippen LogP contribution >= 0.6 is 0 Å². The third-order valence-electron chi connectivity index (χ3n) is 7.71. The molecule has 1 aliphatic rings. The number of aromatic nitrogens is 2. The Morgan fingerprint density at radius 3 is 2.40 bits per heavy atom. The zero-order valence-corrected chi connectivity index (χ0v) is 25.8. The summed E-state index contributed by atoms with van der Waals surface area (Å²) in [4.78, 5) is 26.8. The summed E-state index contributed by atoms with van der Waals surface area (Å²) in [6.45, 7) is 6.59. The molecule has 0 saturated carbocycles. The van der Waals surface area contributed by atoms with Crippen LogP contribution < -0.4 is 19.3 Å². The van der Waals surface area contributed by atoms with E-state index in [9.17, 15) is 9.18 Å². The van der Waals surface area contributed by atoms with Gasteiger partial charge in [0.2, 0.25) is 0 Å². The van der Waals surface area contributed by atoms with Crippen LogP contribution in [0.3, 0.4) is 0 Å². The minimum atomic E-state index is -1.07. The molecule has 0 saturated heterocycles. The van der Waals surface area contributed by atoms with Gasteiger partial charge in [0, 0.05) is 61.3 Å². The number of nitrogens with one attached hydrogen (secondary N) is 1. The van der Waals surface area contributed by atoms with E-state index in [2.05, 4.69) is 33.6 Å².